The maximum Gasteiger partial charge on any atom is 0.255 e. The molecule has 0 fully saturated rings. The first-order chi connectivity index (χ1) is 15.3. The summed E-state index contributed by atoms with van der Waals surface area (Å²) in [5, 5.41) is 11.6. The number of fused-ring (bicyclic) bond motifs is 2. The maximum atomic E-state index is 12.8. The lowest BCUT2D eigenvalue weighted by Gasteiger charge is -2.22. The predicted octanol–water partition coefficient (Wildman–Crippen LogP) is 2.73. The highest BCUT2D eigenvalue weighted by molar-refractivity contribution is 6.03. The highest BCUT2D eigenvalue weighted by Gasteiger charge is 2.33. The molecule has 0 aliphatic carbocycles. The third-order valence-corrected chi connectivity index (χ3v) is 6.06. The van der Waals surface area contributed by atoms with E-state index in [9.17, 15) is 9.59 Å². The summed E-state index contributed by atoms with van der Waals surface area (Å²) in [4.78, 5) is 31.5. The van der Waals surface area contributed by atoms with Gasteiger partial charge in [0.15, 0.2) is 5.65 Å². The van der Waals surface area contributed by atoms with Crippen LogP contribution in [0.2, 0.25) is 0 Å². The van der Waals surface area contributed by atoms with Crippen molar-refractivity contribution in [1.82, 2.24) is 29.3 Å². The second kappa shape index (κ2) is 7.30. The molecule has 0 radical (unpaired) electrons. The van der Waals surface area contributed by atoms with Crippen molar-refractivity contribution in [1.29, 1.82) is 0 Å². The second-order valence-corrected chi connectivity index (χ2v) is 8.08. The van der Waals surface area contributed by atoms with Gasteiger partial charge < -0.3 is 4.90 Å². The number of carbonyl (C=O) groups is 2. The first kappa shape index (κ1) is 19.9. The van der Waals surface area contributed by atoms with Crippen molar-refractivity contribution >= 4 is 23.4 Å². The standard InChI is InChI=1S/C23H23N7O2/c1-13-20(14(2)28(4)26-13)17-9-10-19-24-23(27-30(19)12-17)25-21(31)15(3)29-11-16-7-5-6-8-18(16)22(29)32/h5-10,12,15H,11H2,1-4H3,(H,25,27,31)/t15-/m1/s1. The van der Waals surface area contributed by atoms with Gasteiger partial charge in [-0.15, -0.1) is 5.10 Å². The minimum absolute atomic E-state index is 0.141. The molecule has 0 saturated carbocycles. The fourth-order valence-corrected chi connectivity index (χ4v) is 4.22. The first-order valence-corrected chi connectivity index (χ1v) is 10.4. The Morgan fingerprint density at radius 1 is 1.12 bits per heavy atom. The van der Waals surface area contributed by atoms with E-state index in [0.29, 0.717) is 17.8 Å². The van der Waals surface area contributed by atoms with Crippen molar-refractivity contribution in [3.8, 4) is 11.1 Å². The van der Waals surface area contributed by atoms with E-state index >= 15 is 0 Å². The summed E-state index contributed by atoms with van der Waals surface area (Å²) >= 11 is 0. The number of carbonyl (C=O) groups excluding carboxylic acids is 2. The van der Waals surface area contributed by atoms with Crippen molar-refractivity contribution in [2.75, 3.05) is 5.32 Å². The van der Waals surface area contributed by atoms with Crippen molar-refractivity contribution in [3.05, 3.63) is 65.1 Å². The quantitative estimate of drug-likeness (QED) is 0.538. The maximum absolute atomic E-state index is 12.8. The van der Waals surface area contributed by atoms with Crippen LogP contribution in [0.3, 0.4) is 0 Å². The van der Waals surface area contributed by atoms with Crippen molar-refractivity contribution in [2.45, 2.75) is 33.4 Å². The van der Waals surface area contributed by atoms with Crippen LogP contribution in [-0.4, -0.2) is 47.1 Å². The normalized spacial score (nSPS) is 14.1. The van der Waals surface area contributed by atoms with Gasteiger partial charge in [0.1, 0.15) is 6.04 Å². The first-order valence-electron chi connectivity index (χ1n) is 10.4. The van der Waals surface area contributed by atoms with E-state index in [2.05, 4.69) is 20.5 Å². The van der Waals surface area contributed by atoms with Gasteiger partial charge in [0.2, 0.25) is 11.9 Å². The van der Waals surface area contributed by atoms with Crippen molar-refractivity contribution < 1.29 is 9.59 Å². The van der Waals surface area contributed by atoms with E-state index in [1.807, 2.05) is 62.1 Å². The van der Waals surface area contributed by atoms with Gasteiger partial charge >= 0.3 is 0 Å². The van der Waals surface area contributed by atoms with E-state index in [4.69, 9.17) is 0 Å². The van der Waals surface area contributed by atoms with Crippen LogP contribution in [0.25, 0.3) is 16.8 Å². The summed E-state index contributed by atoms with van der Waals surface area (Å²) in [6, 6.07) is 10.6. The monoisotopic (exact) mass is 429 g/mol. The van der Waals surface area contributed by atoms with Crippen LogP contribution >= 0.6 is 0 Å². The zero-order chi connectivity index (χ0) is 22.6. The molecule has 3 aromatic heterocycles. The molecule has 1 aliphatic rings. The Balaban J connectivity index is 1.36. The summed E-state index contributed by atoms with van der Waals surface area (Å²) in [5.74, 6) is -0.276. The van der Waals surface area contributed by atoms with Crippen molar-refractivity contribution in [2.24, 2.45) is 7.05 Å². The summed E-state index contributed by atoms with van der Waals surface area (Å²) in [6.45, 7) is 6.11. The largest absolute Gasteiger partial charge is 0.323 e. The highest BCUT2D eigenvalue weighted by Crippen LogP contribution is 2.27. The molecule has 4 heterocycles. The van der Waals surface area contributed by atoms with Crippen LogP contribution in [-0.2, 0) is 18.4 Å². The number of nitrogens with zero attached hydrogens (tertiary/aromatic N) is 6. The highest BCUT2D eigenvalue weighted by atomic mass is 16.2. The third-order valence-electron chi connectivity index (χ3n) is 6.06. The summed E-state index contributed by atoms with van der Waals surface area (Å²) < 4.78 is 3.49. The van der Waals surface area contributed by atoms with E-state index in [-0.39, 0.29) is 17.8 Å². The fourth-order valence-electron chi connectivity index (χ4n) is 4.22. The van der Waals surface area contributed by atoms with Gasteiger partial charge in [-0.1, -0.05) is 18.2 Å². The molecule has 1 aliphatic heterocycles. The number of benzene rings is 1. The zero-order valence-electron chi connectivity index (χ0n) is 18.3. The summed E-state index contributed by atoms with van der Waals surface area (Å²) in [7, 11) is 1.91. The number of hydrogen-bond acceptors (Lipinski definition) is 5. The number of rotatable bonds is 4. The average molecular weight is 429 g/mol. The number of anilines is 1. The molecule has 0 spiro atoms. The molecule has 162 valence electrons. The van der Waals surface area contributed by atoms with Gasteiger partial charge in [-0.3, -0.25) is 19.6 Å². The molecule has 1 aromatic carbocycles. The number of aromatic nitrogens is 5. The number of hydrogen-bond donors (Lipinski definition) is 1. The van der Waals surface area contributed by atoms with Gasteiger partial charge in [0.25, 0.3) is 5.91 Å². The van der Waals surface area contributed by atoms with Crippen LogP contribution in [0.5, 0.6) is 0 Å². The Kier molecular flexibility index (Phi) is 4.54. The van der Waals surface area contributed by atoms with Gasteiger partial charge in [0, 0.05) is 42.2 Å². The molecule has 9 heteroatoms. The minimum atomic E-state index is -0.655. The SMILES string of the molecule is Cc1nn(C)c(C)c1-c1ccc2nc(NC(=O)[C@@H](C)N3Cc4ccccc4C3=O)nn2c1. The molecule has 0 unspecified atom stereocenters. The third kappa shape index (κ3) is 3.13. The smallest absolute Gasteiger partial charge is 0.255 e. The van der Waals surface area contributed by atoms with E-state index in [0.717, 1.165) is 28.1 Å². The van der Waals surface area contributed by atoms with Gasteiger partial charge in [-0.25, -0.2) is 4.52 Å². The van der Waals surface area contributed by atoms with E-state index in [1.54, 1.807) is 22.4 Å². The molecule has 0 saturated heterocycles. The molecule has 5 rings (SSSR count). The van der Waals surface area contributed by atoms with Crippen molar-refractivity contribution in [3.63, 3.8) is 0 Å². The Hall–Kier alpha value is -4.01. The van der Waals surface area contributed by atoms with Gasteiger partial charge in [-0.2, -0.15) is 10.1 Å². The average Bonchev–Trinajstić information content (AvgIpc) is 3.40. The van der Waals surface area contributed by atoms with Gasteiger partial charge in [0.05, 0.1) is 5.69 Å². The lowest BCUT2D eigenvalue weighted by molar-refractivity contribution is -0.120. The Labute approximate surface area is 184 Å². The molecule has 4 aromatic rings. The molecular weight excluding hydrogens is 406 g/mol. The Morgan fingerprint density at radius 3 is 2.62 bits per heavy atom. The lowest BCUT2D eigenvalue weighted by atomic mass is 10.1. The van der Waals surface area contributed by atoms with Crippen LogP contribution in [0.1, 0.15) is 34.2 Å². The number of pyridine rings is 1. The van der Waals surface area contributed by atoms with E-state index < -0.39 is 6.04 Å². The minimum Gasteiger partial charge on any atom is -0.323 e. The Bertz CT molecular complexity index is 1380. The molecular formula is C23H23N7O2. The predicted molar refractivity (Wildman–Crippen MR) is 119 cm³/mol. The number of nitrogens with one attached hydrogen (secondary N) is 1. The lowest BCUT2D eigenvalue weighted by Crippen LogP contribution is -2.42. The van der Waals surface area contributed by atoms with Crippen LogP contribution in [0.4, 0.5) is 5.95 Å². The summed E-state index contributed by atoms with van der Waals surface area (Å²) in [5.41, 5.74) is 6.20. The Morgan fingerprint density at radius 2 is 1.91 bits per heavy atom. The molecule has 0 bridgehead atoms. The fraction of sp³-hybridized carbons (Fsp3) is 0.261. The number of amides is 2. The second-order valence-electron chi connectivity index (χ2n) is 8.08. The molecule has 2 amide bonds. The molecule has 1 N–H and O–H groups in total. The van der Waals surface area contributed by atoms with Crippen LogP contribution < -0.4 is 5.32 Å². The van der Waals surface area contributed by atoms with E-state index in [1.165, 1.54) is 0 Å². The zero-order valence-corrected chi connectivity index (χ0v) is 18.3. The van der Waals surface area contributed by atoms with Crippen LogP contribution in [0, 0.1) is 13.8 Å². The number of aryl methyl sites for hydroxylation is 2. The molecule has 9 nitrogen and oxygen atoms in total. The topological polar surface area (TPSA) is 97.4 Å². The molecule has 32 heavy (non-hydrogen) atoms. The molecule has 1 atom stereocenters. The van der Waals surface area contributed by atoms with Gasteiger partial charge in [-0.05, 0) is 44.5 Å². The summed E-state index contributed by atoms with van der Waals surface area (Å²) in [6.07, 6.45) is 1.87. The van der Waals surface area contributed by atoms with Crippen LogP contribution in [0.15, 0.2) is 42.6 Å².